The lowest BCUT2D eigenvalue weighted by atomic mass is 10.1. The van der Waals surface area contributed by atoms with Crippen LogP contribution in [0.1, 0.15) is 11.1 Å². The third-order valence-electron chi connectivity index (χ3n) is 5.13. The molecule has 0 saturated heterocycles. The highest BCUT2D eigenvalue weighted by Gasteiger charge is 2.30. The van der Waals surface area contributed by atoms with Crippen molar-refractivity contribution in [2.75, 3.05) is 18.5 Å². The van der Waals surface area contributed by atoms with Gasteiger partial charge in [-0.1, -0.05) is 35.9 Å². The highest BCUT2D eigenvalue weighted by Crippen LogP contribution is 2.33. The summed E-state index contributed by atoms with van der Waals surface area (Å²) in [4.78, 5) is 26.1. The highest BCUT2D eigenvalue weighted by molar-refractivity contribution is 6.30. The molecule has 0 bridgehead atoms. The van der Waals surface area contributed by atoms with Crippen LogP contribution < -0.4 is 16.3 Å². The Bertz CT molecular complexity index is 1410. The zero-order valence-electron chi connectivity index (χ0n) is 17.8. The Morgan fingerprint density at radius 2 is 1.76 bits per heavy atom. The van der Waals surface area contributed by atoms with Gasteiger partial charge in [0.25, 0.3) is 0 Å². The Morgan fingerprint density at radius 3 is 2.35 bits per heavy atom. The largest absolute Gasteiger partial charge is 0.416 e. The Morgan fingerprint density at radius 1 is 1.12 bits per heavy atom. The van der Waals surface area contributed by atoms with Crippen LogP contribution in [0.5, 0.6) is 0 Å². The first-order valence-electron chi connectivity index (χ1n) is 9.95. The van der Waals surface area contributed by atoms with Gasteiger partial charge in [-0.15, -0.1) is 5.10 Å². The van der Waals surface area contributed by atoms with Crippen molar-refractivity contribution in [3.8, 4) is 11.1 Å². The van der Waals surface area contributed by atoms with E-state index in [0.29, 0.717) is 21.8 Å². The molecule has 8 nitrogen and oxygen atoms in total. The van der Waals surface area contributed by atoms with E-state index >= 15 is 0 Å². The van der Waals surface area contributed by atoms with E-state index in [0.717, 1.165) is 26.9 Å². The molecule has 1 amide bonds. The number of halogens is 4. The molecule has 2 heterocycles. The van der Waals surface area contributed by atoms with Gasteiger partial charge in [-0.3, -0.25) is 4.79 Å². The lowest BCUT2D eigenvalue weighted by molar-refractivity contribution is -0.137. The fraction of sp³-hybridized carbons (Fsp3) is 0.182. The molecule has 0 spiro atoms. The van der Waals surface area contributed by atoms with Crippen LogP contribution in [0.15, 0.2) is 59.5 Å². The molecule has 0 radical (unpaired) electrons. The van der Waals surface area contributed by atoms with Crippen molar-refractivity contribution >= 4 is 28.8 Å². The number of rotatable bonds is 6. The third kappa shape index (κ3) is 4.60. The average Bonchev–Trinajstić information content (AvgIpc) is 3.08. The van der Waals surface area contributed by atoms with Crippen molar-refractivity contribution in [1.29, 1.82) is 0 Å². The number of nitrogens with two attached hydrogens (primary N) is 1. The first-order valence-corrected chi connectivity index (χ1v) is 10.3. The molecule has 0 unspecified atom stereocenters. The standard InChI is InChI=1S/C22H18ClF3N6O2/c1-30(12-18(27)33)19-17(14-4-8-16(23)9-5-14)10-28-32-20(19)29-31(21(32)34)11-13-2-6-15(7-3-13)22(24,25)26/h2-10H,11-12H2,1H3,(H2,27,33). The van der Waals surface area contributed by atoms with Gasteiger partial charge in [0.1, 0.15) is 0 Å². The van der Waals surface area contributed by atoms with E-state index in [1.807, 2.05) is 0 Å². The Balaban J connectivity index is 1.82. The molecule has 0 aliphatic heterocycles. The summed E-state index contributed by atoms with van der Waals surface area (Å²) in [5.41, 5.74) is 6.33. The van der Waals surface area contributed by atoms with Crippen LogP contribution in [-0.4, -0.2) is 38.9 Å². The maximum absolute atomic E-state index is 12.9. The number of benzene rings is 2. The summed E-state index contributed by atoms with van der Waals surface area (Å²) in [6.45, 7) is -0.226. The molecule has 2 aromatic heterocycles. The van der Waals surface area contributed by atoms with Crippen molar-refractivity contribution in [1.82, 2.24) is 19.4 Å². The Hall–Kier alpha value is -3.86. The molecular weight excluding hydrogens is 473 g/mol. The number of anilines is 1. The number of amides is 1. The molecule has 0 atom stereocenters. The van der Waals surface area contributed by atoms with Gasteiger partial charge in [0, 0.05) is 17.6 Å². The van der Waals surface area contributed by atoms with Crippen molar-refractivity contribution in [3.05, 3.63) is 81.4 Å². The number of hydrogen-bond donors (Lipinski definition) is 1. The van der Waals surface area contributed by atoms with E-state index in [-0.39, 0.29) is 18.7 Å². The lowest BCUT2D eigenvalue weighted by Gasteiger charge is -2.21. The van der Waals surface area contributed by atoms with Crippen LogP contribution >= 0.6 is 11.6 Å². The van der Waals surface area contributed by atoms with Gasteiger partial charge < -0.3 is 10.6 Å². The number of primary amides is 1. The van der Waals surface area contributed by atoms with Crippen LogP contribution in [0, 0.1) is 0 Å². The second kappa shape index (κ2) is 8.82. The SMILES string of the molecule is CN(CC(N)=O)c1c(-c2ccc(Cl)cc2)cnn2c(=O)n(Cc3ccc(C(F)(F)F)cc3)nc12. The van der Waals surface area contributed by atoms with Gasteiger partial charge in [-0.25, -0.2) is 9.48 Å². The summed E-state index contributed by atoms with van der Waals surface area (Å²) < 4.78 is 40.7. The quantitative estimate of drug-likeness (QED) is 0.447. The zero-order chi connectivity index (χ0) is 24.6. The second-order valence-corrected chi connectivity index (χ2v) is 8.04. The molecule has 4 aromatic rings. The fourth-order valence-corrected chi connectivity index (χ4v) is 3.68. The molecule has 0 aliphatic carbocycles. The monoisotopic (exact) mass is 490 g/mol. The maximum atomic E-state index is 12.9. The predicted octanol–water partition coefficient (Wildman–Crippen LogP) is 3.20. The molecule has 2 N–H and O–H groups in total. The van der Waals surface area contributed by atoms with Gasteiger partial charge >= 0.3 is 11.9 Å². The maximum Gasteiger partial charge on any atom is 0.416 e. The average molecular weight is 491 g/mol. The van der Waals surface area contributed by atoms with Gasteiger partial charge in [-0.2, -0.15) is 22.8 Å². The zero-order valence-corrected chi connectivity index (χ0v) is 18.5. The normalized spacial score (nSPS) is 11.7. The van der Waals surface area contributed by atoms with E-state index in [9.17, 15) is 22.8 Å². The van der Waals surface area contributed by atoms with Crippen LogP contribution in [0.4, 0.5) is 18.9 Å². The van der Waals surface area contributed by atoms with E-state index < -0.39 is 23.3 Å². The van der Waals surface area contributed by atoms with Crippen LogP contribution in [0.25, 0.3) is 16.8 Å². The number of nitrogens with zero attached hydrogens (tertiary/aromatic N) is 5. The van der Waals surface area contributed by atoms with E-state index in [1.165, 1.54) is 18.3 Å². The van der Waals surface area contributed by atoms with E-state index in [1.54, 1.807) is 36.2 Å². The number of aromatic nitrogens is 4. The lowest BCUT2D eigenvalue weighted by Crippen LogP contribution is -2.31. The summed E-state index contributed by atoms with van der Waals surface area (Å²) in [5, 5.41) is 9.11. The molecule has 34 heavy (non-hydrogen) atoms. The number of likely N-dealkylation sites (N-methyl/N-ethyl adjacent to an activating group) is 1. The number of carbonyl (C=O) groups excluding carboxylic acids is 1. The molecule has 0 aliphatic rings. The first-order chi connectivity index (χ1) is 16.0. The van der Waals surface area contributed by atoms with E-state index in [2.05, 4.69) is 10.2 Å². The van der Waals surface area contributed by atoms with Crippen LogP contribution in [0.3, 0.4) is 0 Å². The van der Waals surface area contributed by atoms with E-state index in [4.69, 9.17) is 17.3 Å². The molecule has 0 saturated carbocycles. The summed E-state index contributed by atoms with van der Waals surface area (Å²) in [6.07, 6.45) is -2.99. The minimum atomic E-state index is -4.46. The molecule has 176 valence electrons. The predicted molar refractivity (Wildman–Crippen MR) is 121 cm³/mol. The molecule has 2 aromatic carbocycles. The summed E-state index contributed by atoms with van der Waals surface area (Å²) >= 11 is 5.99. The minimum Gasteiger partial charge on any atom is -0.368 e. The fourth-order valence-electron chi connectivity index (χ4n) is 3.55. The van der Waals surface area contributed by atoms with Crippen molar-refractivity contribution in [3.63, 3.8) is 0 Å². The topological polar surface area (TPSA) is 98.5 Å². The number of carbonyl (C=O) groups is 1. The third-order valence-corrected chi connectivity index (χ3v) is 5.38. The molecule has 0 fully saturated rings. The Kier molecular flexibility index (Phi) is 6.05. The molecule has 4 rings (SSSR count). The Labute approximate surface area is 196 Å². The highest BCUT2D eigenvalue weighted by atomic mass is 35.5. The van der Waals surface area contributed by atoms with Gasteiger partial charge in [-0.05, 0) is 35.4 Å². The van der Waals surface area contributed by atoms with Crippen molar-refractivity contribution in [2.24, 2.45) is 5.73 Å². The van der Waals surface area contributed by atoms with Crippen LogP contribution in [0.2, 0.25) is 5.02 Å². The number of hydrogen-bond acceptors (Lipinski definition) is 5. The summed E-state index contributed by atoms with van der Waals surface area (Å²) in [6, 6.07) is 11.3. The number of fused-ring (bicyclic) bond motifs is 1. The van der Waals surface area contributed by atoms with Gasteiger partial charge in [0.2, 0.25) is 11.6 Å². The van der Waals surface area contributed by atoms with Gasteiger partial charge in [0.15, 0.2) is 0 Å². The molecular formula is C22H18ClF3N6O2. The second-order valence-electron chi connectivity index (χ2n) is 7.61. The van der Waals surface area contributed by atoms with Gasteiger partial charge in [0.05, 0.1) is 30.5 Å². The summed E-state index contributed by atoms with van der Waals surface area (Å²) in [5.74, 6) is -0.592. The van der Waals surface area contributed by atoms with Crippen molar-refractivity contribution in [2.45, 2.75) is 12.7 Å². The van der Waals surface area contributed by atoms with Crippen LogP contribution in [-0.2, 0) is 17.5 Å². The first kappa shape index (κ1) is 23.3. The minimum absolute atomic E-state index is 0.0738. The smallest absolute Gasteiger partial charge is 0.368 e. The number of alkyl halides is 3. The molecule has 12 heteroatoms. The summed E-state index contributed by atoms with van der Waals surface area (Å²) in [7, 11) is 1.62. The van der Waals surface area contributed by atoms with Crippen molar-refractivity contribution < 1.29 is 18.0 Å².